The van der Waals surface area contributed by atoms with Gasteiger partial charge in [-0.3, -0.25) is 4.79 Å². The Balaban J connectivity index is 1.70. The van der Waals surface area contributed by atoms with Crippen LogP contribution in [0.3, 0.4) is 0 Å². The van der Waals surface area contributed by atoms with E-state index in [0.29, 0.717) is 15.7 Å². The number of quaternary nitrogens is 1. The number of carbonyl (C=O) groups is 1. The first-order valence-electron chi connectivity index (χ1n) is 7.72. The van der Waals surface area contributed by atoms with E-state index in [9.17, 15) is 4.79 Å². The molecule has 2 atom stereocenters. The van der Waals surface area contributed by atoms with Crippen LogP contribution in [0.5, 0.6) is 0 Å². The first-order chi connectivity index (χ1) is 11.1. The van der Waals surface area contributed by atoms with Crippen LogP contribution >= 0.6 is 23.2 Å². The van der Waals surface area contributed by atoms with Crippen LogP contribution in [0.1, 0.15) is 18.1 Å². The Morgan fingerprint density at radius 3 is 2.65 bits per heavy atom. The van der Waals surface area contributed by atoms with E-state index in [2.05, 4.69) is 29.6 Å². The van der Waals surface area contributed by atoms with Crippen LogP contribution in [0.2, 0.25) is 10.0 Å². The first kappa shape index (κ1) is 16.3. The van der Waals surface area contributed by atoms with Crippen LogP contribution in [-0.4, -0.2) is 18.5 Å². The molecule has 2 aromatic rings. The van der Waals surface area contributed by atoms with Gasteiger partial charge in [0.15, 0.2) is 6.04 Å². The highest BCUT2D eigenvalue weighted by Gasteiger charge is 2.29. The van der Waals surface area contributed by atoms with E-state index in [0.717, 1.165) is 19.5 Å². The molecule has 2 N–H and O–H groups in total. The van der Waals surface area contributed by atoms with Crippen molar-refractivity contribution in [3.8, 4) is 0 Å². The molecule has 0 fully saturated rings. The van der Waals surface area contributed by atoms with Gasteiger partial charge in [-0.25, -0.2) is 0 Å². The number of fused-ring (bicyclic) bond motifs is 1. The van der Waals surface area contributed by atoms with E-state index < -0.39 is 0 Å². The van der Waals surface area contributed by atoms with E-state index in [4.69, 9.17) is 23.2 Å². The number of nitrogens with one attached hydrogen (secondary N) is 2. The molecule has 23 heavy (non-hydrogen) atoms. The second-order valence-corrected chi connectivity index (χ2v) is 6.70. The summed E-state index contributed by atoms with van der Waals surface area (Å²) in [6.45, 7) is 3.78. The van der Waals surface area contributed by atoms with Gasteiger partial charge in [0.05, 0.1) is 22.3 Å². The van der Waals surface area contributed by atoms with Crippen molar-refractivity contribution in [2.75, 3.05) is 11.9 Å². The summed E-state index contributed by atoms with van der Waals surface area (Å²) in [6.07, 6.45) is 1.00. The van der Waals surface area contributed by atoms with Crippen LogP contribution in [0, 0.1) is 0 Å². The third-order valence-electron chi connectivity index (χ3n) is 4.47. The molecule has 3 rings (SSSR count). The van der Waals surface area contributed by atoms with Gasteiger partial charge in [-0.05, 0) is 24.6 Å². The Morgan fingerprint density at radius 1 is 1.13 bits per heavy atom. The zero-order valence-electron chi connectivity index (χ0n) is 12.9. The van der Waals surface area contributed by atoms with Crippen molar-refractivity contribution in [1.29, 1.82) is 0 Å². The van der Waals surface area contributed by atoms with E-state index in [1.54, 1.807) is 18.2 Å². The van der Waals surface area contributed by atoms with Gasteiger partial charge in [-0.2, -0.15) is 0 Å². The van der Waals surface area contributed by atoms with Crippen molar-refractivity contribution in [2.24, 2.45) is 0 Å². The predicted molar refractivity (Wildman–Crippen MR) is 94.2 cm³/mol. The lowest BCUT2D eigenvalue weighted by molar-refractivity contribution is -0.929. The molecule has 5 heteroatoms. The largest absolute Gasteiger partial charge is 0.321 e. The van der Waals surface area contributed by atoms with Crippen LogP contribution in [0.15, 0.2) is 42.5 Å². The van der Waals surface area contributed by atoms with E-state index in [-0.39, 0.29) is 11.9 Å². The van der Waals surface area contributed by atoms with Crippen molar-refractivity contribution < 1.29 is 9.69 Å². The lowest BCUT2D eigenvalue weighted by Gasteiger charge is -2.30. The molecule has 0 spiro atoms. The molecule has 2 aromatic carbocycles. The minimum absolute atomic E-state index is 0.0384. The average molecular weight is 350 g/mol. The third-order valence-corrected chi connectivity index (χ3v) is 5.29. The average Bonchev–Trinajstić information content (AvgIpc) is 2.57. The molecule has 0 radical (unpaired) electrons. The fourth-order valence-electron chi connectivity index (χ4n) is 3.00. The van der Waals surface area contributed by atoms with Crippen molar-refractivity contribution in [1.82, 2.24) is 0 Å². The van der Waals surface area contributed by atoms with Crippen LogP contribution in [0.25, 0.3) is 0 Å². The highest BCUT2D eigenvalue weighted by molar-refractivity contribution is 6.44. The number of hydrogen-bond donors (Lipinski definition) is 2. The molecular formula is C18H19Cl2N2O+. The number of benzene rings is 2. The summed E-state index contributed by atoms with van der Waals surface area (Å²) in [7, 11) is 0. The number of anilines is 1. The molecule has 0 saturated heterocycles. The number of rotatable bonds is 3. The molecule has 1 unspecified atom stereocenters. The number of hydrogen-bond acceptors (Lipinski definition) is 1. The molecule has 120 valence electrons. The Morgan fingerprint density at radius 2 is 1.87 bits per heavy atom. The molecule has 1 aliphatic rings. The van der Waals surface area contributed by atoms with Gasteiger partial charge in [-0.1, -0.05) is 53.5 Å². The highest BCUT2D eigenvalue weighted by Crippen LogP contribution is 2.29. The zero-order valence-corrected chi connectivity index (χ0v) is 14.4. The number of amides is 1. The molecule has 1 amide bonds. The van der Waals surface area contributed by atoms with Gasteiger partial charge in [0.1, 0.15) is 6.54 Å². The highest BCUT2D eigenvalue weighted by atomic mass is 35.5. The monoisotopic (exact) mass is 349 g/mol. The lowest BCUT2D eigenvalue weighted by atomic mass is 9.99. The van der Waals surface area contributed by atoms with Gasteiger partial charge in [-0.15, -0.1) is 0 Å². The van der Waals surface area contributed by atoms with Gasteiger partial charge in [0.25, 0.3) is 5.91 Å². The Hall–Kier alpha value is -1.55. The quantitative estimate of drug-likeness (QED) is 0.877. The predicted octanol–water partition coefficient (Wildman–Crippen LogP) is 2.96. The topological polar surface area (TPSA) is 33.5 Å². The summed E-state index contributed by atoms with van der Waals surface area (Å²) in [5, 5.41) is 3.72. The Labute approximate surface area is 146 Å². The normalized spacial score (nSPS) is 18.1. The maximum Gasteiger partial charge on any atom is 0.282 e. The second kappa shape index (κ2) is 6.91. The van der Waals surface area contributed by atoms with E-state index >= 15 is 0 Å². The standard InChI is InChI=1S/C18H18Cl2N2O/c1-12(18(23)21-16-8-4-7-15(19)17(16)20)22-10-9-13-5-2-3-6-14(13)11-22/h2-8,12H,9-11H2,1H3,(H,21,23)/p+1/t12-/m1/s1. The van der Waals surface area contributed by atoms with E-state index in [1.807, 2.05) is 6.92 Å². The summed E-state index contributed by atoms with van der Waals surface area (Å²) in [6, 6.07) is 13.5. The van der Waals surface area contributed by atoms with Gasteiger partial charge in [0.2, 0.25) is 0 Å². The molecule has 0 saturated carbocycles. The Bertz CT molecular complexity index is 733. The smallest absolute Gasteiger partial charge is 0.282 e. The summed E-state index contributed by atoms with van der Waals surface area (Å²) in [5.41, 5.74) is 3.28. The molecular weight excluding hydrogens is 331 g/mol. The summed E-state index contributed by atoms with van der Waals surface area (Å²) in [4.78, 5) is 13.8. The van der Waals surface area contributed by atoms with Crippen molar-refractivity contribution in [3.63, 3.8) is 0 Å². The van der Waals surface area contributed by atoms with Gasteiger partial charge in [0, 0.05) is 12.0 Å². The molecule has 0 bridgehead atoms. The summed E-state index contributed by atoms with van der Waals surface area (Å²) < 4.78 is 0. The maximum absolute atomic E-state index is 12.6. The van der Waals surface area contributed by atoms with E-state index in [1.165, 1.54) is 16.0 Å². The van der Waals surface area contributed by atoms with Crippen molar-refractivity contribution in [3.05, 3.63) is 63.6 Å². The maximum atomic E-state index is 12.6. The zero-order chi connectivity index (χ0) is 16.4. The molecule has 0 aromatic heterocycles. The summed E-state index contributed by atoms with van der Waals surface area (Å²) >= 11 is 12.1. The van der Waals surface area contributed by atoms with Gasteiger partial charge < -0.3 is 10.2 Å². The van der Waals surface area contributed by atoms with Crippen molar-refractivity contribution >= 4 is 34.8 Å². The number of halogens is 2. The molecule has 3 nitrogen and oxygen atoms in total. The Kier molecular flexibility index (Phi) is 4.90. The van der Waals surface area contributed by atoms with Crippen LogP contribution < -0.4 is 10.2 Å². The minimum atomic E-state index is -0.154. The first-order valence-corrected chi connectivity index (χ1v) is 8.48. The third kappa shape index (κ3) is 3.52. The molecule has 0 aliphatic carbocycles. The number of carbonyl (C=O) groups excluding carboxylic acids is 1. The van der Waals surface area contributed by atoms with Crippen LogP contribution in [-0.2, 0) is 17.8 Å². The SMILES string of the molecule is C[C@H](C(=O)Nc1cccc(Cl)c1Cl)[NH+]1CCc2ccccc2C1. The van der Waals surface area contributed by atoms with Gasteiger partial charge >= 0.3 is 0 Å². The molecule has 1 heterocycles. The fourth-order valence-corrected chi connectivity index (χ4v) is 3.35. The van der Waals surface area contributed by atoms with Crippen LogP contribution in [0.4, 0.5) is 5.69 Å². The van der Waals surface area contributed by atoms with Crippen molar-refractivity contribution in [2.45, 2.75) is 25.9 Å². The second-order valence-electron chi connectivity index (χ2n) is 5.92. The minimum Gasteiger partial charge on any atom is -0.321 e. The molecule has 1 aliphatic heterocycles. The fraction of sp³-hybridized carbons (Fsp3) is 0.278. The lowest BCUT2D eigenvalue weighted by Crippen LogP contribution is -3.16. The summed E-state index contributed by atoms with van der Waals surface area (Å²) in [5.74, 6) is -0.0384.